The summed E-state index contributed by atoms with van der Waals surface area (Å²) in [5.41, 5.74) is 0. The number of hydrogen-bond acceptors (Lipinski definition) is 5. The number of benzene rings is 1. The Kier molecular flexibility index (Phi) is 7.05. The van der Waals surface area contributed by atoms with Crippen LogP contribution in [0.25, 0.3) is 0 Å². The minimum absolute atomic E-state index is 0.0983. The average molecular weight is 398 g/mol. The van der Waals surface area contributed by atoms with E-state index in [1.54, 1.807) is 4.90 Å². The molecule has 8 heteroatoms. The van der Waals surface area contributed by atoms with Gasteiger partial charge in [0.2, 0.25) is 5.91 Å². The second-order valence-electron chi connectivity index (χ2n) is 6.35. The van der Waals surface area contributed by atoms with Crippen molar-refractivity contribution in [3.05, 3.63) is 29.3 Å². The van der Waals surface area contributed by atoms with Crippen molar-refractivity contribution in [1.82, 2.24) is 14.7 Å². The van der Waals surface area contributed by atoms with Crippen molar-refractivity contribution in [3.8, 4) is 5.75 Å². The zero-order valence-corrected chi connectivity index (χ0v) is 16.3. The predicted octanol–water partition coefficient (Wildman–Crippen LogP) is 2.42. The molecule has 0 unspecified atom stereocenters. The lowest BCUT2D eigenvalue weighted by atomic mass is 10.2. The highest BCUT2D eigenvalue weighted by atomic mass is 35.5. The number of rotatable bonds is 7. The van der Waals surface area contributed by atoms with E-state index in [0.29, 0.717) is 30.3 Å². The van der Waals surface area contributed by atoms with Crippen molar-refractivity contribution in [2.24, 2.45) is 0 Å². The van der Waals surface area contributed by atoms with Gasteiger partial charge in [0, 0.05) is 58.0 Å². The second kappa shape index (κ2) is 9.48. The zero-order valence-electron chi connectivity index (χ0n) is 14.7. The van der Waals surface area contributed by atoms with Gasteiger partial charge in [0.15, 0.2) is 0 Å². The third kappa shape index (κ3) is 5.28. The minimum Gasteiger partial charge on any atom is -0.491 e. The van der Waals surface area contributed by atoms with Crippen LogP contribution in [0.4, 0.5) is 4.79 Å². The standard InChI is InChI=1S/C18H24ClN3O3S/c19-15-3-1-2-4-16(15)25-13-11-20-7-9-21(10-8-20)17(23)5-6-22-12-14-26-18(22)24/h1-4H,5-14H2. The Bertz CT molecular complexity index is 638. The van der Waals surface area contributed by atoms with E-state index in [1.807, 2.05) is 29.2 Å². The molecule has 2 fully saturated rings. The van der Waals surface area contributed by atoms with Crippen LogP contribution >= 0.6 is 23.4 Å². The van der Waals surface area contributed by atoms with Crippen molar-refractivity contribution >= 4 is 34.5 Å². The number of carbonyl (C=O) groups excluding carboxylic acids is 2. The molecular weight excluding hydrogens is 374 g/mol. The van der Waals surface area contributed by atoms with E-state index in [2.05, 4.69) is 4.90 Å². The van der Waals surface area contributed by atoms with Gasteiger partial charge in [0.05, 0.1) is 5.02 Å². The van der Waals surface area contributed by atoms with E-state index < -0.39 is 0 Å². The second-order valence-corrected chi connectivity index (χ2v) is 7.81. The normalized spacial score (nSPS) is 18.4. The Morgan fingerprint density at radius 1 is 1.12 bits per heavy atom. The van der Waals surface area contributed by atoms with Gasteiger partial charge in [0.25, 0.3) is 5.24 Å². The summed E-state index contributed by atoms with van der Waals surface area (Å²) in [7, 11) is 0. The molecule has 2 amide bonds. The van der Waals surface area contributed by atoms with E-state index in [9.17, 15) is 9.59 Å². The number of piperazine rings is 1. The van der Waals surface area contributed by atoms with Crippen LogP contribution in [0.2, 0.25) is 5.02 Å². The molecule has 1 aromatic carbocycles. The third-order valence-corrected chi connectivity index (χ3v) is 5.87. The monoisotopic (exact) mass is 397 g/mol. The van der Waals surface area contributed by atoms with Crippen LogP contribution in [0.1, 0.15) is 6.42 Å². The van der Waals surface area contributed by atoms with Gasteiger partial charge in [-0.15, -0.1) is 0 Å². The molecule has 0 spiro atoms. The van der Waals surface area contributed by atoms with Gasteiger partial charge in [-0.05, 0) is 12.1 Å². The van der Waals surface area contributed by atoms with Crippen LogP contribution in [-0.4, -0.2) is 84.0 Å². The van der Waals surface area contributed by atoms with Crippen molar-refractivity contribution in [2.45, 2.75) is 6.42 Å². The molecule has 2 aliphatic heterocycles. The molecule has 0 saturated carbocycles. The lowest BCUT2D eigenvalue weighted by molar-refractivity contribution is -0.133. The first kappa shape index (κ1) is 19.3. The van der Waals surface area contributed by atoms with Gasteiger partial charge in [-0.3, -0.25) is 14.5 Å². The number of para-hydroxylation sites is 1. The van der Waals surface area contributed by atoms with Crippen molar-refractivity contribution in [3.63, 3.8) is 0 Å². The molecule has 6 nitrogen and oxygen atoms in total. The molecule has 0 bridgehead atoms. The Balaban J connectivity index is 1.33. The minimum atomic E-state index is 0.0983. The zero-order chi connectivity index (χ0) is 18.4. The number of thioether (sulfide) groups is 1. The fourth-order valence-corrected chi connectivity index (χ4v) is 4.13. The lowest BCUT2D eigenvalue weighted by Gasteiger charge is -2.35. The van der Waals surface area contributed by atoms with Crippen LogP contribution in [0.3, 0.4) is 0 Å². The number of nitrogens with zero attached hydrogens (tertiary/aromatic N) is 3. The van der Waals surface area contributed by atoms with Gasteiger partial charge in [-0.25, -0.2) is 0 Å². The quantitative estimate of drug-likeness (QED) is 0.707. The Labute approximate surface area is 163 Å². The van der Waals surface area contributed by atoms with Crippen molar-refractivity contribution < 1.29 is 14.3 Å². The van der Waals surface area contributed by atoms with E-state index in [-0.39, 0.29) is 11.1 Å². The molecule has 0 radical (unpaired) electrons. The van der Waals surface area contributed by atoms with Gasteiger partial charge < -0.3 is 14.5 Å². The fraction of sp³-hybridized carbons (Fsp3) is 0.556. The predicted molar refractivity (Wildman–Crippen MR) is 104 cm³/mol. The molecule has 0 aromatic heterocycles. The first-order valence-corrected chi connectivity index (χ1v) is 10.3. The maximum atomic E-state index is 12.3. The van der Waals surface area contributed by atoms with E-state index in [1.165, 1.54) is 11.8 Å². The van der Waals surface area contributed by atoms with Crippen LogP contribution < -0.4 is 4.74 Å². The summed E-state index contributed by atoms with van der Waals surface area (Å²) >= 11 is 7.41. The maximum absolute atomic E-state index is 12.3. The lowest BCUT2D eigenvalue weighted by Crippen LogP contribution is -2.50. The van der Waals surface area contributed by atoms with Gasteiger partial charge in [-0.1, -0.05) is 35.5 Å². The van der Waals surface area contributed by atoms with Gasteiger partial charge in [0.1, 0.15) is 12.4 Å². The molecular formula is C18H24ClN3O3S. The van der Waals surface area contributed by atoms with Crippen molar-refractivity contribution in [1.29, 1.82) is 0 Å². The summed E-state index contributed by atoms with van der Waals surface area (Å²) in [6, 6.07) is 7.46. The summed E-state index contributed by atoms with van der Waals surface area (Å²) in [4.78, 5) is 29.9. The highest BCUT2D eigenvalue weighted by Crippen LogP contribution is 2.23. The summed E-state index contributed by atoms with van der Waals surface area (Å²) in [5.74, 6) is 1.68. The van der Waals surface area contributed by atoms with E-state index in [4.69, 9.17) is 16.3 Å². The summed E-state index contributed by atoms with van der Waals surface area (Å²) in [6.07, 6.45) is 0.419. The van der Waals surface area contributed by atoms with Gasteiger partial charge in [-0.2, -0.15) is 0 Å². The molecule has 0 aliphatic carbocycles. The fourth-order valence-electron chi connectivity index (χ4n) is 3.08. The smallest absolute Gasteiger partial charge is 0.281 e. The summed E-state index contributed by atoms with van der Waals surface area (Å²) in [5, 5.41) is 0.721. The maximum Gasteiger partial charge on any atom is 0.281 e. The molecule has 0 N–H and O–H groups in total. The Morgan fingerprint density at radius 3 is 2.58 bits per heavy atom. The van der Waals surface area contributed by atoms with E-state index >= 15 is 0 Å². The van der Waals surface area contributed by atoms with Crippen LogP contribution in [0.15, 0.2) is 24.3 Å². The van der Waals surface area contributed by atoms with Crippen LogP contribution in [0, 0.1) is 0 Å². The average Bonchev–Trinajstić information content (AvgIpc) is 3.07. The molecule has 1 aromatic rings. The highest BCUT2D eigenvalue weighted by Gasteiger charge is 2.24. The van der Waals surface area contributed by atoms with Gasteiger partial charge >= 0.3 is 0 Å². The molecule has 2 saturated heterocycles. The first-order valence-electron chi connectivity index (χ1n) is 8.92. The van der Waals surface area contributed by atoms with E-state index in [0.717, 1.165) is 45.0 Å². The number of amides is 2. The highest BCUT2D eigenvalue weighted by molar-refractivity contribution is 8.13. The van der Waals surface area contributed by atoms with Crippen LogP contribution in [-0.2, 0) is 4.79 Å². The molecule has 3 rings (SSSR count). The third-order valence-electron chi connectivity index (χ3n) is 4.67. The number of carbonyl (C=O) groups is 2. The van der Waals surface area contributed by atoms with Crippen LogP contribution in [0.5, 0.6) is 5.75 Å². The molecule has 26 heavy (non-hydrogen) atoms. The molecule has 2 heterocycles. The number of ether oxygens (including phenoxy) is 1. The first-order chi connectivity index (χ1) is 12.6. The van der Waals surface area contributed by atoms with Crippen molar-refractivity contribution in [2.75, 3.05) is 58.2 Å². The SMILES string of the molecule is O=C(CCN1CCSC1=O)N1CCN(CCOc2ccccc2Cl)CC1. The molecule has 142 valence electrons. The molecule has 2 aliphatic rings. The summed E-state index contributed by atoms with van der Waals surface area (Å²) in [6.45, 7) is 5.83. The molecule has 0 atom stereocenters. The summed E-state index contributed by atoms with van der Waals surface area (Å²) < 4.78 is 5.73. The largest absolute Gasteiger partial charge is 0.491 e. The Hall–Kier alpha value is -1.44. The number of halogens is 1. The topological polar surface area (TPSA) is 53.1 Å². The number of hydrogen-bond donors (Lipinski definition) is 0. The Morgan fingerprint density at radius 2 is 1.88 bits per heavy atom.